The summed E-state index contributed by atoms with van der Waals surface area (Å²) in [6.07, 6.45) is -4.69. The number of nitrogens with zero attached hydrogens (tertiary/aromatic N) is 1. The van der Waals surface area contributed by atoms with Crippen LogP contribution < -0.4 is 11.1 Å². The average molecular weight is 287 g/mol. The van der Waals surface area contributed by atoms with Crippen LogP contribution >= 0.6 is 0 Å². The number of halogens is 3. The van der Waals surface area contributed by atoms with E-state index in [1.807, 2.05) is 0 Å². The summed E-state index contributed by atoms with van der Waals surface area (Å²) in [6.45, 7) is -0.122. The standard InChI is InChI=1S/C12H12F3N3O2/c1-20-6-9(17)11(19)18-10-3-2-7(5-16)4-8(10)12(13,14)15/h2-4,9H,6,17H2,1H3,(H,18,19). The molecule has 0 heterocycles. The molecule has 20 heavy (non-hydrogen) atoms. The van der Waals surface area contributed by atoms with E-state index in [2.05, 4.69) is 10.1 Å². The van der Waals surface area contributed by atoms with Crippen LogP contribution in [-0.2, 0) is 15.7 Å². The molecule has 3 N–H and O–H groups in total. The van der Waals surface area contributed by atoms with Crippen molar-refractivity contribution in [2.45, 2.75) is 12.2 Å². The number of alkyl halides is 3. The van der Waals surface area contributed by atoms with E-state index in [0.29, 0.717) is 6.07 Å². The van der Waals surface area contributed by atoms with Crippen LogP contribution in [0.25, 0.3) is 0 Å². The van der Waals surface area contributed by atoms with Gasteiger partial charge in [-0.2, -0.15) is 18.4 Å². The van der Waals surface area contributed by atoms with E-state index in [0.717, 1.165) is 6.07 Å². The van der Waals surface area contributed by atoms with Crippen LogP contribution in [0.4, 0.5) is 18.9 Å². The molecular formula is C12H12F3N3O2. The van der Waals surface area contributed by atoms with Crippen molar-refractivity contribution in [2.75, 3.05) is 19.0 Å². The van der Waals surface area contributed by atoms with Crippen LogP contribution in [0.2, 0.25) is 0 Å². The van der Waals surface area contributed by atoms with Crippen LogP contribution in [0.1, 0.15) is 11.1 Å². The lowest BCUT2D eigenvalue weighted by atomic mass is 10.1. The van der Waals surface area contributed by atoms with Crippen molar-refractivity contribution >= 4 is 11.6 Å². The second-order valence-corrected chi connectivity index (χ2v) is 3.92. The second kappa shape index (κ2) is 6.36. The van der Waals surface area contributed by atoms with Crippen LogP contribution in [0.3, 0.4) is 0 Å². The number of anilines is 1. The number of hydrogen-bond acceptors (Lipinski definition) is 4. The molecule has 1 aromatic rings. The fraction of sp³-hybridized carbons (Fsp3) is 0.333. The topological polar surface area (TPSA) is 88.1 Å². The Morgan fingerprint density at radius 2 is 2.20 bits per heavy atom. The number of nitrogens with two attached hydrogens (primary N) is 1. The van der Waals surface area contributed by atoms with E-state index < -0.39 is 29.4 Å². The number of hydrogen-bond donors (Lipinski definition) is 2. The molecule has 1 atom stereocenters. The molecule has 0 saturated heterocycles. The summed E-state index contributed by atoms with van der Waals surface area (Å²) in [7, 11) is 1.32. The first-order valence-corrected chi connectivity index (χ1v) is 5.46. The molecule has 0 aliphatic carbocycles. The predicted molar refractivity (Wildman–Crippen MR) is 64.6 cm³/mol. The molecule has 1 unspecified atom stereocenters. The van der Waals surface area contributed by atoms with E-state index in [9.17, 15) is 18.0 Å². The zero-order valence-electron chi connectivity index (χ0n) is 10.5. The summed E-state index contributed by atoms with van der Waals surface area (Å²) in [4.78, 5) is 11.6. The maximum absolute atomic E-state index is 12.8. The average Bonchev–Trinajstić information content (AvgIpc) is 2.38. The summed E-state index contributed by atoms with van der Waals surface area (Å²) in [5.74, 6) is -0.804. The first-order valence-electron chi connectivity index (χ1n) is 5.46. The molecule has 0 fully saturated rings. The summed E-state index contributed by atoms with van der Waals surface area (Å²) in [5.41, 5.74) is 3.71. The number of nitrogens with one attached hydrogen (secondary N) is 1. The van der Waals surface area contributed by atoms with Gasteiger partial charge in [0, 0.05) is 7.11 Å². The van der Waals surface area contributed by atoms with E-state index in [-0.39, 0.29) is 12.2 Å². The van der Waals surface area contributed by atoms with Crippen LogP contribution in [0.15, 0.2) is 18.2 Å². The number of nitriles is 1. The van der Waals surface area contributed by atoms with Gasteiger partial charge in [-0.05, 0) is 18.2 Å². The highest BCUT2D eigenvalue weighted by atomic mass is 19.4. The summed E-state index contributed by atoms with van der Waals surface area (Å²) < 4.78 is 43.2. The minimum Gasteiger partial charge on any atom is -0.383 e. The second-order valence-electron chi connectivity index (χ2n) is 3.92. The lowest BCUT2D eigenvalue weighted by molar-refractivity contribution is -0.137. The highest BCUT2D eigenvalue weighted by Gasteiger charge is 2.34. The highest BCUT2D eigenvalue weighted by molar-refractivity contribution is 5.95. The Kier molecular flexibility index (Phi) is 5.07. The van der Waals surface area contributed by atoms with Gasteiger partial charge in [-0.15, -0.1) is 0 Å². The van der Waals surface area contributed by atoms with Crippen molar-refractivity contribution in [3.63, 3.8) is 0 Å². The molecule has 108 valence electrons. The minimum absolute atomic E-state index is 0.122. The third kappa shape index (κ3) is 3.94. The van der Waals surface area contributed by atoms with Crippen molar-refractivity contribution in [3.05, 3.63) is 29.3 Å². The Morgan fingerprint density at radius 3 is 2.70 bits per heavy atom. The van der Waals surface area contributed by atoms with Gasteiger partial charge in [-0.3, -0.25) is 4.79 Å². The van der Waals surface area contributed by atoms with Crippen LogP contribution in [0.5, 0.6) is 0 Å². The molecule has 0 aromatic heterocycles. The molecule has 0 saturated carbocycles. The number of carbonyl (C=O) groups is 1. The summed E-state index contributed by atoms with van der Waals surface area (Å²) in [6, 6.07) is 3.37. The van der Waals surface area contributed by atoms with E-state index >= 15 is 0 Å². The van der Waals surface area contributed by atoms with Gasteiger partial charge in [-0.25, -0.2) is 0 Å². The van der Waals surface area contributed by atoms with E-state index in [4.69, 9.17) is 11.0 Å². The Hall–Kier alpha value is -2.11. The molecule has 0 aliphatic rings. The first-order chi connectivity index (χ1) is 9.29. The zero-order valence-corrected chi connectivity index (χ0v) is 10.5. The number of benzene rings is 1. The van der Waals surface area contributed by atoms with Crippen molar-refractivity contribution in [3.8, 4) is 6.07 Å². The summed E-state index contributed by atoms with van der Waals surface area (Å²) in [5, 5.41) is 10.7. The predicted octanol–water partition coefficient (Wildman–Crippen LogP) is 1.49. The van der Waals surface area contributed by atoms with Crippen molar-refractivity contribution in [1.29, 1.82) is 5.26 Å². The van der Waals surface area contributed by atoms with Gasteiger partial charge in [0.15, 0.2) is 0 Å². The van der Waals surface area contributed by atoms with Crippen LogP contribution in [-0.4, -0.2) is 25.7 Å². The molecule has 1 aromatic carbocycles. The quantitative estimate of drug-likeness (QED) is 0.878. The maximum Gasteiger partial charge on any atom is 0.418 e. The number of carbonyl (C=O) groups excluding carboxylic acids is 1. The smallest absolute Gasteiger partial charge is 0.383 e. The van der Waals surface area contributed by atoms with Gasteiger partial charge < -0.3 is 15.8 Å². The Morgan fingerprint density at radius 1 is 1.55 bits per heavy atom. The first kappa shape index (κ1) is 15.9. The molecular weight excluding hydrogens is 275 g/mol. The monoisotopic (exact) mass is 287 g/mol. The minimum atomic E-state index is -4.69. The highest BCUT2D eigenvalue weighted by Crippen LogP contribution is 2.35. The number of rotatable bonds is 4. The zero-order chi connectivity index (χ0) is 15.3. The summed E-state index contributed by atoms with van der Waals surface area (Å²) >= 11 is 0. The molecule has 1 rings (SSSR count). The Balaban J connectivity index is 3.07. The fourth-order valence-corrected chi connectivity index (χ4v) is 1.44. The normalized spacial score (nSPS) is 12.6. The lowest BCUT2D eigenvalue weighted by Gasteiger charge is -2.16. The third-order valence-corrected chi connectivity index (χ3v) is 2.39. The van der Waals surface area contributed by atoms with Crippen molar-refractivity contribution < 1.29 is 22.7 Å². The Labute approximate surface area is 113 Å². The largest absolute Gasteiger partial charge is 0.418 e. The van der Waals surface area contributed by atoms with Crippen molar-refractivity contribution in [2.24, 2.45) is 5.73 Å². The van der Waals surface area contributed by atoms with Gasteiger partial charge in [-0.1, -0.05) is 0 Å². The molecule has 0 spiro atoms. The Bertz CT molecular complexity index is 538. The lowest BCUT2D eigenvalue weighted by Crippen LogP contribution is -2.39. The fourth-order valence-electron chi connectivity index (χ4n) is 1.44. The molecule has 1 amide bonds. The number of amides is 1. The van der Waals surface area contributed by atoms with Crippen LogP contribution in [0, 0.1) is 11.3 Å². The SMILES string of the molecule is COCC(N)C(=O)Nc1ccc(C#N)cc1C(F)(F)F. The number of methoxy groups -OCH3 is 1. The van der Waals surface area contributed by atoms with Crippen molar-refractivity contribution in [1.82, 2.24) is 0 Å². The van der Waals surface area contributed by atoms with Gasteiger partial charge >= 0.3 is 6.18 Å². The molecule has 0 radical (unpaired) electrons. The van der Waals surface area contributed by atoms with Gasteiger partial charge in [0.2, 0.25) is 5.91 Å². The third-order valence-electron chi connectivity index (χ3n) is 2.39. The number of ether oxygens (including phenoxy) is 1. The molecule has 5 nitrogen and oxygen atoms in total. The van der Waals surface area contributed by atoms with E-state index in [1.165, 1.54) is 13.2 Å². The molecule has 0 bridgehead atoms. The maximum atomic E-state index is 12.8. The van der Waals surface area contributed by atoms with Gasteiger partial charge in [0.1, 0.15) is 6.04 Å². The van der Waals surface area contributed by atoms with E-state index in [1.54, 1.807) is 6.07 Å². The van der Waals surface area contributed by atoms with Gasteiger partial charge in [0.05, 0.1) is 29.5 Å². The van der Waals surface area contributed by atoms with Gasteiger partial charge in [0.25, 0.3) is 0 Å². The molecule has 8 heteroatoms. The molecule has 0 aliphatic heterocycles.